The van der Waals surface area contributed by atoms with Crippen LogP contribution in [0.25, 0.3) is 0 Å². The Balaban J connectivity index is 3.67. The van der Waals surface area contributed by atoms with Crippen LogP contribution in [0.15, 0.2) is 17.0 Å². The van der Waals surface area contributed by atoms with E-state index in [4.69, 9.17) is 10.5 Å². The first-order chi connectivity index (χ1) is 7.59. The number of methoxy groups -OCH3 is 1. The van der Waals surface area contributed by atoms with Crippen LogP contribution in [0, 0.1) is 5.82 Å². The summed E-state index contributed by atoms with van der Waals surface area (Å²) in [5, 5.41) is 0. The number of hydrogen-bond acceptors (Lipinski definition) is 4. The van der Waals surface area contributed by atoms with Crippen molar-refractivity contribution in [3.63, 3.8) is 0 Å². The predicted octanol–water partition coefficient (Wildman–Crippen LogP) is 1.43. The van der Waals surface area contributed by atoms with E-state index in [0.29, 0.717) is 0 Å². The molecular weight excluding hydrogens is 245 g/mol. The zero-order valence-electron chi connectivity index (χ0n) is 10.2. The van der Waals surface area contributed by atoms with E-state index in [-0.39, 0.29) is 11.3 Å². The molecule has 96 valence electrons. The summed E-state index contributed by atoms with van der Waals surface area (Å²) in [6, 6.07) is 2.84. The summed E-state index contributed by atoms with van der Waals surface area (Å²) in [6.07, 6.45) is 0.932. The zero-order valence-corrected chi connectivity index (χ0v) is 11.1. The van der Waals surface area contributed by atoms with Crippen LogP contribution in [-0.4, -0.2) is 21.8 Å². The lowest BCUT2D eigenvalue weighted by atomic mass is 9.95. The van der Waals surface area contributed by atoms with Gasteiger partial charge in [-0.25, -0.2) is 12.8 Å². The minimum absolute atomic E-state index is 0.0157. The summed E-state index contributed by atoms with van der Waals surface area (Å²) >= 11 is 0. The molecule has 0 saturated carbocycles. The monoisotopic (exact) mass is 261 g/mol. The van der Waals surface area contributed by atoms with E-state index >= 15 is 0 Å². The Morgan fingerprint density at radius 2 is 1.88 bits per heavy atom. The fraction of sp³-hybridized carbons (Fsp3) is 0.455. The van der Waals surface area contributed by atoms with Gasteiger partial charge in [0.05, 0.1) is 7.11 Å². The SMILES string of the molecule is COc1ccc(C(C)(C)N)c(F)c1S(C)(=O)=O. The standard InChI is InChI=1S/C11H16FNO3S/c1-11(2,13)7-5-6-8(16-3)10(9(7)12)17(4,14)15/h5-6H,13H2,1-4H3. The highest BCUT2D eigenvalue weighted by Gasteiger charge is 2.27. The van der Waals surface area contributed by atoms with Crippen molar-refractivity contribution in [2.24, 2.45) is 5.73 Å². The van der Waals surface area contributed by atoms with Crippen LogP contribution in [0.4, 0.5) is 4.39 Å². The van der Waals surface area contributed by atoms with Crippen molar-refractivity contribution in [2.75, 3.05) is 13.4 Å². The first-order valence-corrected chi connectivity index (χ1v) is 6.84. The number of hydrogen-bond donors (Lipinski definition) is 1. The molecule has 0 atom stereocenters. The Bertz CT molecular complexity index is 532. The van der Waals surface area contributed by atoms with Crippen LogP contribution in [0.2, 0.25) is 0 Å². The highest BCUT2D eigenvalue weighted by atomic mass is 32.2. The van der Waals surface area contributed by atoms with Crippen molar-refractivity contribution in [2.45, 2.75) is 24.3 Å². The van der Waals surface area contributed by atoms with Crippen molar-refractivity contribution in [3.8, 4) is 5.75 Å². The number of nitrogens with two attached hydrogens (primary N) is 1. The van der Waals surface area contributed by atoms with Gasteiger partial charge in [0.1, 0.15) is 10.6 Å². The highest BCUT2D eigenvalue weighted by molar-refractivity contribution is 7.90. The van der Waals surface area contributed by atoms with Crippen LogP contribution < -0.4 is 10.5 Å². The molecule has 1 aromatic rings. The molecule has 6 heteroatoms. The molecule has 0 fully saturated rings. The highest BCUT2D eigenvalue weighted by Crippen LogP contribution is 2.32. The molecule has 2 N–H and O–H groups in total. The summed E-state index contributed by atoms with van der Waals surface area (Å²) in [5.41, 5.74) is 4.96. The first kappa shape index (κ1) is 13.9. The summed E-state index contributed by atoms with van der Waals surface area (Å²) in [7, 11) is -2.43. The van der Waals surface area contributed by atoms with Gasteiger partial charge in [-0.15, -0.1) is 0 Å². The van der Waals surface area contributed by atoms with Crippen molar-refractivity contribution < 1.29 is 17.5 Å². The van der Waals surface area contributed by atoms with E-state index in [9.17, 15) is 12.8 Å². The maximum atomic E-state index is 14.2. The molecule has 0 saturated heterocycles. The molecule has 0 aliphatic heterocycles. The number of rotatable bonds is 3. The van der Waals surface area contributed by atoms with Crippen LogP contribution in [0.1, 0.15) is 19.4 Å². The molecule has 17 heavy (non-hydrogen) atoms. The number of ether oxygens (including phenoxy) is 1. The van der Waals surface area contributed by atoms with E-state index in [0.717, 1.165) is 6.26 Å². The number of benzene rings is 1. The molecule has 0 spiro atoms. The Hall–Kier alpha value is -1.14. The third kappa shape index (κ3) is 2.76. The van der Waals surface area contributed by atoms with Gasteiger partial charge in [-0.3, -0.25) is 0 Å². The second-order valence-electron chi connectivity index (χ2n) is 4.45. The predicted molar refractivity (Wildman–Crippen MR) is 63.3 cm³/mol. The summed E-state index contributed by atoms with van der Waals surface area (Å²) in [6.45, 7) is 3.20. The molecule has 0 radical (unpaired) electrons. The van der Waals surface area contributed by atoms with Crippen molar-refractivity contribution in [1.29, 1.82) is 0 Å². The number of halogens is 1. The average molecular weight is 261 g/mol. The zero-order chi connectivity index (χ0) is 13.4. The van der Waals surface area contributed by atoms with Crippen LogP contribution in [0.5, 0.6) is 5.75 Å². The van der Waals surface area contributed by atoms with Crippen molar-refractivity contribution in [1.82, 2.24) is 0 Å². The molecule has 1 rings (SSSR count). The third-order valence-corrected chi connectivity index (χ3v) is 3.47. The van der Waals surface area contributed by atoms with E-state index in [1.807, 2.05) is 0 Å². The molecule has 0 amide bonds. The quantitative estimate of drug-likeness (QED) is 0.893. The van der Waals surface area contributed by atoms with Crippen LogP contribution in [0.3, 0.4) is 0 Å². The van der Waals surface area contributed by atoms with Gasteiger partial charge in [0.15, 0.2) is 15.7 Å². The molecule has 0 unspecified atom stereocenters. The average Bonchev–Trinajstić information content (AvgIpc) is 2.12. The lowest BCUT2D eigenvalue weighted by molar-refractivity contribution is 0.389. The molecule has 4 nitrogen and oxygen atoms in total. The molecule has 0 aliphatic carbocycles. The van der Waals surface area contributed by atoms with Gasteiger partial charge in [0, 0.05) is 17.4 Å². The van der Waals surface area contributed by atoms with Gasteiger partial charge >= 0.3 is 0 Å². The summed E-state index contributed by atoms with van der Waals surface area (Å²) < 4.78 is 42.1. The minimum Gasteiger partial charge on any atom is -0.495 e. The van der Waals surface area contributed by atoms with Gasteiger partial charge < -0.3 is 10.5 Å². The molecular formula is C11H16FNO3S. The van der Waals surface area contributed by atoms with Gasteiger partial charge in [0.25, 0.3) is 0 Å². The number of sulfone groups is 1. The van der Waals surface area contributed by atoms with Gasteiger partial charge in [-0.05, 0) is 19.9 Å². The molecule has 0 aromatic heterocycles. The van der Waals surface area contributed by atoms with Crippen molar-refractivity contribution in [3.05, 3.63) is 23.5 Å². The molecule has 0 bridgehead atoms. The largest absolute Gasteiger partial charge is 0.495 e. The normalized spacial score (nSPS) is 12.6. The summed E-state index contributed by atoms with van der Waals surface area (Å²) in [5.74, 6) is -0.864. The maximum Gasteiger partial charge on any atom is 0.182 e. The van der Waals surface area contributed by atoms with Crippen LogP contribution >= 0.6 is 0 Å². The molecule has 1 aromatic carbocycles. The van der Waals surface area contributed by atoms with Gasteiger partial charge in [0.2, 0.25) is 0 Å². The third-order valence-electron chi connectivity index (χ3n) is 2.35. The summed E-state index contributed by atoms with van der Waals surface area (Å²) in [4.78, 5) is -0.448. The van der Waals surface area contributed by atoms with Gasteiger partial charge in [-0.1, -0.05) is 6.07 Å². The smallest absolute Gasteiger partial charge is 0.182 e. The Morgan fingerprint density at radius 1 is 1.35 bits per heavy atom. The maximum absolute atomic E-state index is 14.2. The van der Waals surface area contributed by atoms with E-state index < -0.39 is 26.1 Å². The van der Waals surface area contributed by atoms with E-state index in [1.54, 1.807) is 13.8 Å². The Labute approximate surface area is 101 Å². The second kappa shape index (κ2) is 4.27. The van der Waals surface area contributed by atoms with Crippen molar-refractivity contribution >= 4 is 9.84 Å². The van der Waals surface area contributed by atoms with Gasteiger partial charge in [-0.2, -0.15) is 0 Å². The fourth-order valence-electron chi connectivity index (χ4n) is 1.54. The Morgan fingerprint density at radius 3 is 2.24 bits per heavy atom. The first-order valence-electron chi connectivity index (χ1n) is 4.95. The second-order valence-corrected chi connectivity index (χ2v) is 6.40. The topological polar surface area (TPSA) is 69.4 Å². The molecule has 0 heterocycles. The van der Waals surface area contributed by atoms with E-state index in [1.165, 1.54) is 19.2 Å². The van der Waals surface area contributed by atoms with E-state index in [2.05, 4.69) is 0 Å². The Kier molecular flexibility index (Phi) is 3.50. The lowest BCUT2D eigenvalue weighted by Crippen LogP contribution is -2.30. The fourth-order valence-corrected chi connectivity index (χ4v) is 2.49. The molecule has 0 aliphatic rings. The van der Waals surface area contributed by atoms with Crippen LogP contribution in [-0.2, 0) is 15.4 Å². The minimum atomic E-state index is -3.71. The lowest BCUT2D eigenvalue weighted by Gasteiger charge is -2.21.